The summed E-state index contributed by atoms with van der Waals surface area (Å²) in [4.78, 5) is 31.1. The van der Waals surface area contributed by atoms with Gasteiger partial charge in [0.25, 0.3) is 0 Å². The second-order valence-electron chi connectivity index (χ2n) is 8.96. The molecular weight excluding hydrogens is 506 g/mol. The van der Waals surface area contributed by atoms with Crippen molar-refractivity contribution >= 4 is 23.6 Å². The fraction of sp³-hybridized carbons (Fsp3) is 0.357. The van der Waals surface area contributed by atoms with Crippen LogP contribution >= 0.6 is 11.8 Å². The molecule has 4 rings (SSSR count). The highest BCUT2D eigenvalue weighted by atomic mass is 32.2. The molecule has 10 heteroatoms. The summed E-state index contributed by atoms with van der Waals surface area (Å²) in [5.41, 5.74) is 3.64. The second kappa shape index (κ2) is 14.0. The summed E-state index contributed by atoms with van der Waals surface area (Å²) < 4.78 is 12.7. The minimum Gasteiger partial charge on any atom is -0.481 e. The third-order valence-electron chi connectivity index (χ3n) is 6.09. The Bertz CT molecular complexity index is 1180. The SMILES string of the molecule is O=C(O)CCCC(=O)NCc1ccc(C2OC(CSc3ncccn3)CC(c3ccc(CO)cc3)O2)cc1. The van der Waals surface area contributed by atoms with Crippen molar-refractivity contribution in [2.75, 3.05) is 5.75 Å². The highest BCUT2D eigenvalue weighted by molar-refractivity contribution is 7.99. The number of rotatable bonds is 12. The lowest BCUT2D eigenvalue weighted by Gasteiger charge is -2.36. The Morgan fingerprint density at radius 1 is 0.947 bits per heavy atom. The minimum atomic E-state index is -0.904. The van der Waals surface area contributed by atoms with Crippen LogP contribution in [0.2, 0.25) is 0 Å². The molecule has 1 aromatic heterocycles. The van der Waals surface area contributed by atoms with Crippen LogP contribution in [0.4, 0.5) is 0 Å². The van der Waals surface area contributed by atoms with Gasteiger partial charge < -0.3 is 25.0 Å². The first-order valence-electron chi connectivity index (χ1n) is 12.5. The van der Waals surface area contributed by atoms with Crippen LogP contribution in [-0.4, -0.2) is 43.9 Å². The molecular formula is C28H31N3O6S. The number of aliphatic hydroxyl groups is 1. The molecule has 2 heterocycles. The van der Waals surface area contributed by atoms with E-state index in [1.165, 1.54) is 11.8 Å². The fourth-order valence-electron chi connectivity index (χ4n) is 4.03. The molecule has 1 amide bonds. The van der Waals surface area contributed by atoms with Gasteiger partial charge in [0.1, 0.15) is 0 Å². The number of carboxylic acids is 1. The maximum atomic E-state index is 12.0. The number of carbonyl (C=O) groups excluding carboxylic acids is 1. The molecule has 1 aliphatic heterocycles. The Balaban J connectivity index is 1.40. The van der Waals surface area contributed by atoms with Gasteiger partial charge in [0.15, 0.2) is 11.4 Å². The first kappa shape index (κ1) is 27.7. The molecule has 0 spiro atoms. The Kier molecular flexibility index (Phi) is 10.2. The average Bonchev–Trinajstić information content (AvgIpc) is 2.95. The summed E-state index contributed by atoms with van der Waals surface area (Å²) in [6.07, 6.45) is 3.72. The van der Waals surface area contributed by atoms with Crippen molar-refractivity contribution in [2.24, 2.45) is 0 Å². The summed E-state index contributed by atoms with van der Waals surface area (Å²) in [7, 11) is 0. The van der Waals surface area contributed by atoms with Gasteiger partial charge in [-0.2, -0.15) is 0 Å². The molecule has 0 radical (unpaired) electrons. The summed E-state index contributed by atoms with van der Waals surface area (Å²) in [6, 6.07) is 17.2. The topological polar surface area (TPSA) is 131 Å². The van der Waals surface area contributed by atoms with Gasteiger partial charge in [0.2, 0.25) is 5.91 Å². The number of nitrogens with zero attached hydrogens (tertiary/aromatic N) is 2. The zero-order valence-corrected chi connectivity index (χ0v) is 21.7. The van der Waals surface area contributed by atoms with Crippen LogP contribution in [0.1, 0.15) is 60.3 Å². The predicted molar refractivity (Wildman–Crippen MR) is 141 cm³/mol. The van der Waals surface area contributed by atoms with Crippen LogP contribution in [-0.2, 0) is 32.2 Å². The number of hydrogen-bond donors (Lipinski definition) is 3. The number of nitrogens with one attached hydrogen (secondary N) is 1. The number of benzene rings is 2. The van der Waals surface area contributed by atoms with Gasteiger partial charge in [0, 0.05) is 49.5 Å². The Morgan fingerprint density at radius 3 is 2.32 bits per heavy atom. The number of amides is 1. The maximum absolute atomic E-state index is 12.0. The Labute approximate surface area is 225 Å². The summed E-state index contributed by atoms with van der Waals surface area (Å²) in [5, 5.41) is 21.6. The Hall–Kier alpha value is -3.31. The standard InChI is InChI=1S/C28H31N3O6S/c32-17-20-7-9-21(10-8-20)24-15-23(18-38-28-29-13-2-14-30-28)36-27(37-24)22-11-5-19(6-12-22)16-31-25(33)3-1-4-26(34)35/h2,5-14,23-24,27,32H,1,3-4,15-18H2,(H,31,33)(H,34,35). The second-order valence-corrected chi connectivity index (χ2v) is 9.95. The van der Waals surface area contributed by atoms with Crippen LogP contribution in [0.3, 0.4) is 0 Å². The molecule has 1 fully saturated rings. The average molecular weight is 538 g/mol. The van der Waals surface area contributed by atoms with E-state index in [0.29, 0.717) is 30.3 Å². The molecule has 3 N–H and O–H groups in total. The van der Waals surface area contributed by atoms with Crippen molar-refractivity contribution < 1.29 is 29.3 Å². The van der Waals surface area contributed by atoms with Crippen LogP contribution in [0, 0.1) is 0 Å². The number of aliphatic hydroxyl groups excluding tert-OH is 1. The van der Waals surface area contributed by atoms with E-state index in [9.17, 15) is 14.7 Å². The molecule has 1 aliphatic rings. The van der Waals surface area contributed by atoms with E-state index in [1.54, 1.807) is 18.5 Å². The van der Waals surface area contributed by atoms with E-state index in [2.05, 4.69) is 15.3 Å². The van der Waals surface area contributed by atoms with E-state index in [1.807, 2.05) is 48.5 Å². The number of ether oxygens (including phenoxy) is 2. The molecule has 3 unspecified atom stereocenters. The van der Waals surface area contributed by atoms with Crippen LogP contribution in [0.25, 0.3) is 0 Å². The van der Waals surface area contributed by atoms with Crippen molar-refractivity contribution in [1.29, 1.82) is 0 Å². The third kappa shape index (κ3) is 8.35. The van der Waals surface area contributed by atoms with Crippen LogP contribution < -0.4 is 5.32 Å². The zero-order valence-electron chi connectivity index (χ0n) is 20.9. The molecule has 0 saturated carbocycles. The lowest BCUT2D eigenvalue weighted by Crippen LogP contribution is -2.31. The summed E-state index contributed by atoms with van der Waals surface area (Å²) in [6.45, 7) is 0.345. The highest BCUT2D eigenvalue weighted by Gasteiger charge is 2.32. The number of hydrogen-bond acceptors (Lipinski definition) is 8. The molecule has 3 aromatic rings. The predicted octanol–water partition coefficient (Wildman–Crippen LogP) is 4.18. The van der Waals surface area contributed by atoms with E-state index in [4.69, 9.17) is 14.6 Å². The van der Waals surface area contributed by atoms with Gasteiger partial charge >= 0.3 is 5.97 Å². The minimum absolute atomic E-state index is 0.0109. The van der Waals surface area contributed by atoms with Gasteiger partial charge in [-0.25, -0.2) is 9.97 Å². The van der Waals surface area contributed by atoms with Crippen molar-refractivity contribution in [2.45, 2.75) is 62.5 Å². The fourth-order valence-corrected chi connectivity index (χ4v) is 4.85. The highest BCUT2D eigenvalue weighted by Crippen LogP contribution is 2.39. The summed E-state index contributed by atoms with van der Waals surface area (Å²) in [5.74, 6) is -0.410. The van der Waals surface area contributed by atoms with E-state index in [0.717, 1.165) is 22.3 Å². The van der Waals surface area contributed by atoms with Gasteiger partial charge in [-0.1, -0.05) is 60.3 Å². The number of aliphatic carboxylic acids is 1. The van der Waals surface area contributed by atoms with Crippen molar-refractivity contribution in [3.63, 3.8) is 0 Å². The van der Waals surface area contributed by atoms with Crippen LogP contribution in [0.15, 0.2) is 72.1 Å². The van der Waals surface area contributed by atoms with Crippen LogP contribution in [0.5, 0.6) is 0 Å². The monoisotopic (exact) mass is 537 g/mol. The maximum Gasteiger partial charge on any atom is 0.303 e. The van der Waals surface area contributed by atoms with Gasteiger partial charge in [0.05, 0.1) is 18.8 Å². The van der Waals surface area contributed by atoms with E-state index >= 15 is 0 Å². The number of carboxylic acid groups (broad SMARTS) is 1. The van der Waals surface area contributed by atoms with Crippen molar-refractivity contribution in [1.82, 2.24) is 15.3 Å². The molecule has 9 nitrogen and oxygen atoms in total. The molecule has 200 valence electrons. The van der Waals surface area contributed by atoms with Crippen molar-refractivity contribution in [3.8, 4) is 0 Å². The van der Waals surface area contributed by atoms with Gasteiger partial charge in [-0.05, 0) is 29.2 Å². The molecule has 2 aromatic carbocycles. The number of aromatic nitrogens is 2. The largest absolute Gasteiger partial charge is 0.481 e. The zero-order chi connectivity index (χ0) is 26.7. The molecule has 38 heavy (non-hydrogen) atoms. The first-order chi connectivity index (χ1) is 18.5. The molecule has 1 saturated heterocycles. The van der Waals surface area contributed by atoms with Crippen molar-refractivity contribution in [3.05, 3.63) is 89.2 Å². The quantitative estimate of drug-likeness (QED) is 0.230. The lowest BCUT2D eigenvalue weighted by molar-refractivity contribution is -0.245. The summed E-state index contributed by atoms with van der Waals surface area (Å²) >= 11 is 1.54. The molecule has 3 atom stereocenters. The first-order valence-corrected chi connectivity index (χ1v) is 13.5. The third-order valence-corrected chi connectivity index (χ3v) is 7.10. The molecule has 0 aliphatic carbocycles. The molecule has 0 bridgehead atoms. The lowest BCUT2D eigenvalue weighted by atomic mass is 10.0. The van der Waals surface area contributed by atoms with E-state index in [-0.39, 0.29) is 37.6 Å². The van der Waals surface area contributed by atoms with Gasteiger partial charge in [-0.15, -0.1) is 0 Å². The number of carbonyl (C=O) groups is 2. The van der Waals surface area contributed by atoms with Gasteiger partial charge in [-0.3, -0.25) is 9.59 Å². The van der Waals surface area contributed by atoms with E-state index < -0.39 is 12.3 Å². The number of thioether (sulfide) groups is 1. The normalized spacial score (nSPS) is 19.1. The Morgan fingerprint density at radius 2 is 1.63 bits per heavy atom. The smallest absolute Gasteiger partial charge is 0.303 e.